The topological polar surface area (TPSA) is 15.3 Å². The zero-order valence-electron chi connectivity index (χ0n) is 14.6. The van der Waals surface area contributed by atoms with E-state index in [1.807, 2.05) is 0 Å². The maximum atomic E-state index is 5.57. The average molecular weight is 339 g/mol. The standard InChI is InChI=1S/C21H26N2S/c1-3-23(4-2)15-14-21(17-10-6-5-7-11-17)16-22-20(24)18-12-8-9-13-19(18)21/h5-13H,3-4,14-16H2,1-2H3,(H,22,24). The summed E-state index contributed by atoms with van der Waals surface area (Å²) in [6.07, 6.45) is 1.09. The van der Waals surface area contributed by atoms with Crippen LogP contribution in [0, 0.1) is 0 Å². The highest BCUT2D eigenvalue weighted by Crippen LogP contribution is 2.39. The third-order valence-corrected chi connectivity index (χ3v) is 5.68. The van der Waals surface area contributed by atoms with E-state index in [2.05, 4.69) is 78.7 Å². The molecule has 1 aliphatic rings. The molecule has 2 nitrogen and oxygen atoms in total. The van der Waals surface area contributed by atoms with Gasteiger partial charge in [-0.25, -0.2) is 0 Å². The van der Waals surface area contributed by atoms with Crippen LogP contribution in [0.3, 0.4) is 0 Å². The molecule has 2 aromatic carbocycles. The van der Waals surface area contributed by atoms with Crippen LogP contribution in [0.1, 0.15) is 37.0 Å². The minimum atomic E-state index is -0.0250. The van der Waals surface area contributed by atoms with Crippen molar-refractivity contribution in [1.29, 1.82) is 0 Å². The van der Waals surface area contributed by atoms with Crippen molar-refractivity contribution in [2.45, 2.75) is 25.7 Å². The van der Waals surface area contributed by atoms with E-state index in [-0.39, 0.29) is 5.41 Å². The van der Waals surface area contributed by atoms with Gasteiger partial charge >= 0.3 is 0 Å². The molecule has 2 aromatic rings. The average Bonchev–Trinajstić information content (AvgIpc) is 2.65. The number of hydrogen-bond acceptors (Lipinski definition) is 2. The highest BCUT2D eigenvalue weighted by Gasteiger charge is 2.39. The quantitative estimate of drug-likeness (QED) is 0.802. The van der Waals surface area contributed by atoms with Gasteiger partial charge in [-0.2, -0.15) is 0 Å². The van der Waals surface area contributed by atoms with Crippen LogP contribution in [0.15, 0.2) is 54.6 Å². The van der Waals surface area contributed by atoms with Crippen molar-refractivity contribution in [1.82, 2.24) is 10.2 Å². The number of rotatable bonds is 6. The monoisotopic (exact) mass is 338 g/mol. The Labute approximate surface area is 150 Å². The van der Waals surface area contributed by atoms with E-state index in [4.69, 9.17) is 12.2 Å². The second kappa shape index (κ2) is 7.45. The molecule has 0 saturated heterocycles. The Morgan fingerprint density at radius 1 is 1.00 bits per heavy atom. The Balaban J connectivity index is 2.07. The second-order valence-corrected chi connectivity index (χ2v) is 6.86. The Bertz CT molecular complexity index is 694. The van der Waals surface area contributed by atoms with Crippen molar-refractivity contribution < 1.29 is 0 Å². The number of thiocarbonyl (C=S) groups is 1. The molecule has 0 amide bonds. The number of hydrogen-bond donors (Lipinski definition) is 1. The molecule has 0 aromatic heterocycles. The number of benzene rings is 2. The van der Waals surface area contributed by atoms with E-state index >= 15 is 0 Å². The molecule has 0 bridgehead atoms. The molecule has 3 heteroatoms. The lowest BCUT2D eigenvalue weighted by atomic mass is 9.68. The lowest BCUT2D eigenvalue weighted by molar-refractivity contribution is 0.270. The third kappa shape index (κ3) is 3.11. The highest BCUT2D eigenvalue weighted by molar-refractivity contribution is 7.80. The van der Waals surface area contributed by atoms with Gasteiger partial charge in [-0.15, -0.1) is 0 Å². The fourth-order valence-electron chi connectivity index (χ4n) is 3.79. The molecule has 126 valence electrons. The normalized spacial score (nSPS) is 19.9. The fraction of sp³-hybridized carbons (Fsp3) is 0.381. The largest absolute Gasteiger partial charge is 0.375 e. The summed E-state index contributed by atoms with van der Waals surface area (Å²) < 4.78 is 0. The molecule has 1 atom stereocenters. The van der Waals surface area contributed by atoms with Gasteiger partial charge in [0, 0.05) is 17.5 Å². The van der Waals surface area contributed by atoms with Crippen molar-refractivity contribution >= 4 is 17.2 Å². The van der Waals surface area contributed by atoms with Crippen molar-refractivity contribution in [3.8, 4) is 0 Å². The molecule has 1 N–H and O–H groups in total. The summed E-state index contributed by atoms with van der Waals surface area (Å²) >= 11 is 5.57. The zero-order valence-corrected chi connectivity index (χ0v) is 15.4. The summed E-state index contributed by atoms with van der Waals surface area (Å²) in [5, 5.41) is 3.50. The van der Waals surface area contributed by atoms with Gasteiger partial charge in [-0.3, -0.25) is 0 Å². The lowest BCUT2D eigenvalue weighted by Gasteiger charge is -2.41. The van der Waals surface area contributed by atoms with Gasteiger partial charge in [0.2, 0.25) is 0 Å². The smallest absolute Gasteiger partial charge is 0.106 e. The fourth-order valence-corrected chi connectivity index (χ4v) is 4.04. The van der Waals surface area contributed by atoms with Gasteiger partial charge in [-0.1, -0.05) is 80.7 Å². The molecule has 1 unspecified atom stereocenters. The first-order chi connectivity index (χ1) is 11.7. The van der Waals surface area contributed by atoms with Crippen LogP contribution in [0.4, 0.5) is 0 Å². The van der Waals surface area contributed by atoms with Crippen molar-refractivity contribution in [3.63, 3.8) is 0 Å². The van der Waals surface area contributed by atoms with Crippen molar-refractivity contribution in [2.75, 3.05) is 26.2 Å². The SMILES string of the molecule is CCN(CC)CCC1(c2ccccc2)CNC(=S)c2ccccc21. The summed E-state index contributed by atoms with van der Waals surface area (Å²) in [6, 6.07) is 19.5. The van der Waals surface area contributed by atoms with Crippen LogP contribution in [0.25, 0.3) is 0 Å². The van der Waals surface area contributed by atoms with Crippen LogP contribution in [0.2, 0.25) is 0 Å². The minimum absolute atomic E-state index is 0.0250. The Morgan fingerprint density at radius 2 is 1.67 bits per heavy atom. The first-order valence-electron chi connectivity index (χ1n) is 8.87. The van der Waals surface area contributed by atoms with E-state index in [0.29, 0.717) is 0 Å². The zero-order chi connectivity index (χ0) is 17.0. The molecule has 1 heterocycles. The van der Waals surface area contributed by atoms with Crippen LogP contribution in [0.5, 0.6) is 0 Å². The van der Waals surface area contributed by atoms with E-state index in [0.717, 1.165) is 37.6 Å². The van der Waals surface area contributed by atoms with E-state index in [1.54, 1.807) is 0 Å². The molecule has 1 aliphatic heterocycles. The number of nitrogens with zero attached hydrogens (tertiary/aromatic N) is 1. The molecule has 3 rings (SSSR count). The van der Waals surface area contributed by atoms with E-state index < -0.39 is 0 Å². The van der Waals surface area contributed by atoms with Gasteiger partial charge in [0.25, 0.3) is 0 Å². The first kappa shape index (κ1) is 17.1. The van der Waals surface area contributed by atoms with Crippen LogP contribution < -0.4 is 5.32 Å². The molecule has 0 aliphatic carbocycles. The molecule has 0 fully saturated rings. The maximum Gasteiger partial charge on any atom is 0.106 e. The van der Waals surface area contributed by atoms with Crippen LogP contribution >= 0.6 is 12.2 Å². The summed E-state index contributed by atoms with van der Waals surface area (Å²) in [6.45, 7) is 8.62. The second-order valence-electron chi connectivity index (χ2n) is 6.45. The Kier molecular flexibility index (Phi) is 5.32. The van der Waals surface area contributed by atoms with Gasteiger partial charge < -0.3 is 10.2 Å². The molecular formula is C21H26N2S. The van der Waals surface area contributed by atoms with Gasteiger partial charge in [-0.05, 0) is 37.2 Å². The summed E-state index contributed by atoms with van der Waals surface area (Å²) in [4.78, 5) is 3.38. The molecule has 24 heavy (non-hydrogen) atoms. The summed E-state index contributed by atoms with van der Waals surface area (Å²) in [5.74, 6) is 0. The van der Waals surface area contributed by atoms with E-state index in [9.17, 15) is 0 Å². The molecular weight excluding hydrogens is 312 g/mol. The van der Waals surface area contributed by atoms with E-state index in [1.165, 1.54) is 16.7 Å². The van der Waals surface area contributed by atoms with Crippen LogP contribution in [-0.2, 0) is 5.41 Å². The summed E-state index contributed by atoms with van der Waals surface area (Å²) in [5.41, 5.74) is 3.90. The summed E-state index contributed by atoms with van der Waals surface area (Å²) in [7, 11) is 0. The van der Waals surface area contributed by atoms with Gasteiger partial charge in [0.05, 0.1) is 0 Å². The predicted octanol–water partition coefficient (Wildman–Crippen LogP) is 3.98. The predicted molar refractivity (Wildman–Crippen MR) is 106 cm³/mol. The van der Waals surface area contributed by atoms with Gasteiger partial charge in [0.1, 0.15) is 4.99 Å². The Hall–Kier alpha value is -1.71. The molecule has 0 saturated carbocycles. The number of fused-ring (bicyclic) bond motifs is 1. The lowest BCUT2D eigenvalue weighted by Crippen LogP contribution is -2.48. The third-order valence-electron chi connectivity index (χ3n) is 5.31. The van der Waals surface area contributed by atoms with Gasteiger partial charge in [0.15, 0.2) is 0 Å². The minimum Gasteiger partial charge on any atom is -0.375 e. The van der Waals surface area contributed by atoms with Crippen molar-refractivity contribution in [2.24, 2.45) is 0 Å². The first-order valence-corrected chi connectivity index (χ1v) is 9.27. The van der Waals surface area contributed by atoms with Crippen molar-refractivity contribution in [3.05, 3.63) is 71.3 Å². The van der Waals surface area contributed by atoms with Crippen LogP contribution in [-0.4, -0.2) is 36.1 Å². The maximum absolute atomic E-state index is 5.57. The molecule has 0 radical (unpaired) electrons. The molecule has 0 spiro atoms. The Morgan fingerprint density at radius 3 is 2.38 bits per heavy atom. The highest BCUT2D eigenvalue weighted by atomic mass is 32.1. The number of nitrogens with one attached hydrogen (secondary N) is 1.